The third-order valence-corrected chi connectivity index (χ3v) is 6.15. The van der Waals surface area contributed by atoms with Crippen LogP contribution < -0.4 is 10.1 Å². The van der Waals surface area contributed by atoms with Crippen LogP contribution in [0.2, 0.25) is 5.02 Å². The van der Waals surface area contributed by atoms with Crippen molar-refractivity contribution in [3.8, 4) is 5.75 Å². The third kappa shape index (κ3) is 4.74. The molecule has 0 aromatic heterocycles. The number of hydrogen-bond acceptors (Lipinski definition) is 4. The average molecular weight is 415 g/mol. The highest BCUT2D eigenvalue weighted by molar-refractivity contribution is 6.30. The molecule has 0 atom stereocenters. The van der Waals surface area contributed by atoms with E-state index in [1.165, 1.54) is 0 Å². The molecule has 1 saturated heterocycles. The number of fused-ring (bicyclic) bond motifs is 1. The van der Waals surface area contributed by atoms with Crippen molar-refractivity contribution in [2.75, 3.05) is 31.6 Å². The second-order valence-electron chi connectivity index (χ2n) is 7.92. The first-order chi connectivity index (χ1) is 14.0. The Morgan fingerprint density at radius 1 is 1.14 bits per heavy atom. The molecule has 2 aliphatic rings. The topological polar surface area (TPSA) is 61.8 Å². The number of rotatable bonds is 6. The van der Waals surface area contributed by atoms with Crippen LogP contribution in [0.3, 0.4) is 0 Å². The number of aryl methyl sites for hydroxylation is 1. The zero-order valence-corrected chi connectivity index (χ0v) is 17.3. The van der Waals surface area contributed by atoms with Crippen molar-refractivity contribution in [2.45, 2.75) is 37.7 Å². The summed E-state index contributed by atoms with van der Waals surface area (Å²) in [6, 6.07) is 13.5. The van der Waals surface area contributed by atoms with E-state index in [9.17, 15) is 9.90 Å². The van der Waals surface area contributed by atoms with Crippen LogP contribution in [-0.4, -0.2) is 42.2 Å². The van der Waals surface area contributed by atoms with Crippen molar-refractivity contribution in [1.29, 1.82) is 0 Å². The SMILES string of the molecule is O=C1CCc2cccc(OCCCN3CCC(O)(c4cccc(Cl)c4)CC3)c2N1. The van der Waals surface area contributed by atoms with Crippen LogP contribution in [0.5, 0.6) is 5.75 Å². The number of aliphatic hydroxyl groups is 1. The monoisotopic (exact) mass is 414 g/mol. The van der Waals surface area contributed by atoms with Gasteiger partial charge < -0.3 is 20.1 Å². The molecule has 1 fully saturated rings. The lowest BCUT2D eigenvalue weighted by atomic mass is 9.84. The Morgan fingerprint density at radius 3 is 2.72 bits per heavy atom. The van der Waals surface area contributed by atoms with E-state index < -0.39 is 5.60 Å². The van der Waals surface area contributed by atoms with Gasteiger partial charge in [-0.3, -0.25) is 4.79 Å². The number of benzene rings is 2. The van der Waals surface area contributed by atoms with E-state index in [4.69, 9.17) is 16.3 Å². The lowest BCUT2D eigenvalue weighted by Crippen LogP contribution is -2.43. The zero-order chi connectivity index (χ0) is 20.3. The van der Waals surface area contributed by atoms with Crippen LogP contribution >= 0.6 is 11.6 Å². The molecule has 0 radical (unpaired) electrons. The predicted octanol–water partition coefficient (Wildman–Crippen LogP) is 3.98. The fraction of sp³-hybridized carbons (Fsp3) is 0.435. The molecule has 4 rings (SSSR count). The van der Waals surface area contributed by atoms with Crippen LogP contribution in [0.4, 0.5) is 5.69 Å². The molecular formula is C23H27ClN2O3. The Bertz CT molecular complexity index is 878. The largest absolute Gasteiger partial charge is 0.491 e. The van der Waals surface area contributed by atoms with E-state index in [2.05, 4.69) is 10.2 Å². The minimum Gasteiger partial charge on any atom is -0.491 e. The fourth-order valence-corrected chi connectivity index (χ4v) is 4.37. The maximum atomic E-state index is 11.7. The molecule has 0 aliphatic carbocycles. The summed E-state index contributed by atoms with van der Waals surface area (Å²) in [6.45, 7) is 3.22. The highest BCUT2D eigenvalue weighted by Crippen LogP contribution is 2.34. The first-order valence-electron chi connectivity index (χ1n) is 10.3. The van der Waals surface area contributed by atoms with E-state index in [-0.39, 0.29) is 5.91 Å². The van der Waals surface area contributed by atoms with Gasteiger partial charge in [0.25, 0.3) is 0 Å². The van der Waals surface area contributed by atoms with Gasteiger partial charge in [0.2, 0.25) is 5.91 Å². The van der Waals surface area contributed by atoms with Gasteiger partial charge in [0, 0.05) is 31.1 Å². The number of likely N-dealkylation sites (tertiary alicyclic amines) is 1. The number of nitrogens with zero attached hydrogens (tertiary/aromatic N) is 1. The van der Waals surface area contributed by atoms with E-state index in [0.29, 0.717) is 30.9 Å². The van der Waals surface area contributed by atoms with Crippen LogP contribution in [0.25, 0.3) is 0 Å². The summed E-state index contributed by atoms with van der Waals surface area (Å²) in [5.41, 5.74) is 2.08. The van der Waals surface area contributed by atoms with Crippen molar-refractivity contribution in [3.05, 3.63) is 58.6 Å². The zero-order valence-electron chi connectivity index (χ0n) is 16.5. The molecule has 1 amide bonds. The first-order valence-corrected chi connectivity index (χ1v) is 10.7. The molecule has 0 bridgehead atoms. The van der Waals surface area contributed by atoms with E-state index >= 15 is 0 Å². The maximum Gasteiger partial charge on any atom is 0.224 e. The van der Waals surface area contributed by atoms with Gasteiger partial charge in [-0.25, -0.2) is 0 Å². The van der Waals surface area contributed by atoms with Crippen molar-refractivity contribution < 1.29 is 14.6 Å². The fourth-order valence-electron chi connectivity index (χ4n) is 4.18. The van der Waals surface area contributed by atoms with Crippen LogP contribution in [-0.2, 0) is 16.8 Å². The van der Waals surface area contributed by atoms with E-state index in [0.717, 1.165) is 55.0 Å². The van der Waals surface area contributed by atoms with Crippen molar-refractivity contribution in [1.82, 2.24) is 4.90 Å². The molecule has 2 N–H and O–H groups in total. The second-order valence-corrected chi connectivity index (χ2v) is 8.36. The maximum absolute atomic E-state index is 11.7. The van der Waals surface area contributed by atoms with Gasteiger partial charge in [-0.05, 0) is 55.0 Å². The summed E-state index contributed by atoms with van der Waals surface area (Å²) in [5.74, 6) is 0.804. The predicted molar refractivity (Wildman–Crippen MR) is 115 cm³/mol. The summed E-state index contributed by atoms with van der Waals surface area (Å²) in [7, 11) is 0. The third-order valence-electron chi connectivity index (χ3n) is 5.92. The molecule has 5 nitrogen and oxygen atoms in total. The molecule has 0 unspecified atom stereocenters. The molecule has 154 valence electrons. The number of anilines is 1. The van der Waals surface area contributed by atoms with E-state index in [1.807, 2.05) is 42.5 Å². The van der Waals surface area contributed by atoms with Gasteiger partial charge in [0.1, 0.15) is 5.75 Å². The normalized spacial score (nSPS) is 18.8. The Labute approximate surface area is 176 Å². The van der Waals surface area contributed by atoms with Crippen molar-refractivity contribution in [3.63, 3.8) is 0 Å². The van der Waals surface area contributed by atoms with Gasteiger partial charge in [-0.2, -0.15) is 0 Å². The summed E-state index contributed by atoms with van der Waals surface area (Å²) in [6.07, 6.45) is 3.60. The van der Waals surface area contributed by atoms with Crippen LogP contribution in [0, 0.1) is 0 Å². The molecule has 2 heterocycles. The van der Waals surface area contributed by atoms with Gasteiger partial charge in [-0.15, -0.1) is 0 Å². The Kier molecular flexibility index (Phi) is 6.09. The number of para-hydroxylation sites is 1. The van der Waals surface area contributed by atoms with Crippen molar-refractivity contribution in [2.24, 2.45) is 0 Å². The molecule has 0 spiro atoms. The molecule has 0 saturated carbocycles. The number of piperidine rings is 1. The number of ether oxygens (including phenoxy) is 1. The number of carbonyl (C=O) groups is 1. The number of amides is 1. The van der Waals surface area contributed by atoms with Gasteiger partial charge in [-0.1, -0.05) is 35.9 Å². The molecule has 2 aromatic rings. The molecule has 29 heavy (non-hydrogen) atoms. The van der Waals surface area contributed by atoms with Crippen LogP contribution in [0.15, 0.2) is 42.5 Å². The number of halogens is 1. The average Bonchev–Trinajstić information content (AvgIpc) is 2.73. The Morgan fingerprint density at radius 2 is 1.93 bits per heavy atom. The second kappa shape index (κ2) is 8.74. The van der Waals surface area contributed by atoms with Gasteiger partial charge in [0.15, 0.2) is 0 Å². The summed E-state index contributed by atoms with van der Waals surface area (Å²) >= 11 is 6.08. The number of nitrogens with one attached hydrogen (secondary N) is 1. The quantitative estimate of drug-likeness (QED) is 0.702. The Hall–Kier alpha value is -2.08. The van der Waals surface area contributed by atoms with Gasteiger partial charge in [0.05, 0.1) is 17.9 Å². The summed E-state index contributed by atoms with van der Waals surface area (Å²) < 4.78 is 5.96. The number of carbonyl (C=O) groups excluding carboxylic acids is 1. The number of hydrogen-bond donors (Lipinski definition) is 2. The lowest BCUT2D eigenvalue weighted by molar-refractivity contribution is -0.116. The Balaban J connectivity index is 1.24. The van der Waals surface area contributed by atoms with Crippen molar-refractivity contribution >= 4 is 23.2 Å². The minimum absolute atomic E-state index is 0.0501. The smallest absolute Gasteiger partial charge is 0.224 e. The highest BCUT2D eigenvalue weighted by Gasteiger charge is 2.33. The molecular weight excluding hydrogens is 388 g/mol. The van der Waals surface area contributed by atoms with E-state index in [1.54, 1.807) is 0 Å². The molecule has 2 aliphatic heterocycles. The standard InChI is InChI=1S/C23H27ClN2O3/c24-19-6-2-5-18(16-19)23(28)10-13-26(14-11-23)12-3-15-29-20-7-1-4-17-8-9-21(27)25-22(17)20/h1-2,4-7,16,28H,3,8-15H2,(H,25,27). The first kappa shape index (κ1) is 20.2. The summed E-state index contributed by atoms with van der Waals surface area (Å²) in [5, 5.41) is 14.6. The summed E-state index contributed by atoms with van der Waals surface area (Å²) in [4.78, 5) is 14.1. The molecule has 2 aromatic carbocycles. The van der Waals surface area contributed by atoms with Gasteiger partial charge >= 0.3 is 0 Å². The lowest BCUT2D eigenvalue weighted by Gasteiger charge is -2.38. The molecule has 6 heteroatoms. The van der Waals surface area contributed by atoms with Crippen LogP contribution in [0.1, 0.15) is 36.8 Å². The highest BCUT2D eigenvalue weighted by atomic mass is 35.5. The minimum atomic E-state index is -0.792.